The molecule has 2 saturated heterocycles. The smallest absolute Gasteiger partial charge is 0.275 e. The molecule has 0 saturated carbocycles. The Balaban J connectivity index is 1.66. The van der Waals surface area contributed by atoms with E-state index in [1.807, 2.05) is 42.1 Å². The zero-order chi connectivity index (χ0) is 15.4. The first-order valence-electron chi connectivity index (χ1n) is 7.71. The van der Waals surface area contributed by atoms with Gasteiger partial charge in [-0.25, -0.2) is 0 Å². The maximum absolute atomic E-state index is 12.9. The van der Waals surface area contributed by atoms with Gasteiger partial charge in [-0.05, 0) is 31.7 Å². The van der Waals surface area contributed by atoms with Crippen molar-refractivity contribution in [1.29, 1.82) is 0 Å². The first-order chi connectivity index (χ1) is 10.5. The number of fused-ring (bicyclic) bond motifs is 3. The van der Waals surface area contributed by atoms with Crippen LogP contribution in [0.4, 0.5) is 5.69 Å². The molecule has 6 heteroatoms. The second kappa shape index (κ2) is 4.71. The van der Waals surface area contributed by atoms with Crippen LogP contribution in [0, 0.1) is 0 Å². The molecule has 1 unspecified atom stereocenters. The molecule has 1 aromatic carbocycles. The van der Waals surface area contributed by atoms with E-state index in [2.05, 4.69) is 22.1 Å². The van der Waals surface area contributed by atoms with E-state index in [1.54, 1.807) is 0 Å². The molecule has 1 amide bonds. The van der Waals surface area contributed by atoms with Crippen LogP contribution in [0.1, 0.15) is 16.9 Å². The third kappa shape index (κ3) is 1.90. The molecule has 4 rings (SSSR count). The van der Waals surface area contributed by atoms with Gasteiger partial charge in [0.25, 0.3) is 5.91 Å². The summed E-state index contributed by atoms with van der Waals surface area (Å²) in [5, 5.41) is 8.21. The molecule has 116 valence electrons. The van der Waals surface area contributed by atoms with Crippen LogP contribution >= 0.6 is 0 Å². The van der Waals surface area contributed by atoms with Gasteiger partial charge in [-0.2, -0.15) is 5.10 Å². The van der Waals surface area contributed by atoms with Gasteiger partial charge in [-0.1, -0.05) is 0 Å². The molecule has 2 atom stereocenters. The van der Waals surface area contributed by atoms with Crippen LogP contribution in [-0.2, 0) is 0 Å². The number of hydrogen-bond acceptors (Lipinski definition) is 4. The van der Waals surface area contributed by atoms with Crippen LogP contribution < -0.4 is 4.90 Å². The summed E-state index contributed by atoms with van der Waals surface area (Å²) < 4.78 is 0. The molecule has 22 heavy (non-hydrogen) atoms. The Kier molecular flexibility index (Phi) is 2.91. The maximum Gasteiger partial charge on any atom is 0.275 e. The normalized spacial score (nSPS) is 24.4. The van der Waals surface area contributed by atoms with Gasteiger partial charge in [-0.3, -0.25) is 14.8 Å². The summed E-state index contributed by atoms with van der Waals surface area (Å²) in [5.41, 5.74) is 2.56. The van der Waals surface area contributed by atoms with Crippen molar-refractivity contribution < 1.29 is 4.79 Å². The number of nitrogens with one attached hydrogen (secondary N) is 1. The van der Waals surface area contributed by atoms with Gasteiger partial charge in [0.1, 0.15) is 0 Å². The summed E-state index contributed by atoms with van der Waals surface area (Å²) in [6.45, 7) is 1.80. The van der Waals surface area contributed by atoms with Gasteiger partial charge < -0.3 is 9.80 Å². The second-order valence-corrected chi connectivity index (χ2v) is 6.64. The fourth-order valence-corrected chi connectivity index (χ4v) is 3.70. The van der Waals surface area contributed by atoms with E-state index in [4.69, 9.17) is 0 Å². The molecule has 0 spiro atoms. The lowest BCUT2D eigenvalue weighted by molar-refractivity contribution is 0.0646. The van der Waals surface area contributed by atoms with Crippen LogP contribution in [-0.4, -0.2) is 72.2 Å². The average molecular weight is 299 g/mol. The van der Waals surface area contributed by atoms with Crippen molar-refractivity contribution in [1.82, 2.24) is 20.0 Å². The number of nitrogens with zero attached hydrogens (tertiary/aromatic N) is 4. The molecular weight excluding hydrogens is 278 g/mol. The lowest BCUT2D eigenvalue weighted by atomic mass is 10.1. The van der Waals surface area contributed by atoms with Crippen molar-refractivity contribution in [3.8, 4) is 0 Å². The summed E-state index contributed by atoms with van der Waals surface area (Å²) in [7, 11) is 6.14. The maximum atomic E-state index is 12.9. The second-order valence-electron chi connectivity index (χ2n) is 6.64. The predicted octanol–water partition coefficient (Wildman–Crippen LogP) is 1.16. The molecule has 2 bridgehead atoms. The van der Waals surface area contributed by atoms with E-state index in [1.165, 1.54) is 0 Å². The third-order valence-corrected chi connectivity index (χ3v) is 5.04. The summed E-state index contributed by atoms with van der Waals surface area (Å²) >= 11 is 0. The molecule has 2 aliphatic heterocycles. The number of likely N-dealkylation sites (N-methyl/N-ethyl adjacent to an activating group) is 1. The predicted molar refractivity (Wildman–Crippen MR) is 86.3 cm³/mol. The van der Waals surface area contributed by atoms with Crippen LogP contribution in [0.25, 0.3) is 10.9 Å². The molecule has 3 heterocycles. The van der Waals surface area contributed by atoms with Gasteiger partial charge in [0.05, 0.1) is 5.52 Å². The lowest BCUT2D eigenvalue weighted by Gasteiger charge is -2.31. The number of hydrogen-bond donors (Lipinski definition) is 1. The van der Waals surface area contributed by atoms with Crippen molar-refractivity contribution in [2.24, 2.45) is 0 Å². The Morgan fingerprint density at radius 2 is 2.14 bits per heavy atom. The molecule has 2 aromatic rings. The highest BCUT2D eigenvalue weighted by molar-refractivity contribution is 6.05. The molecule has 1 aromatic heterocycles. The van der Waals surface area contributed by atoms with Crippen molar-refractivity contribution >= 4 is 22.5 Å². The topological polar surface area (TPSA) is 55.5 Å². The number of H-pyrrole nitrogens is 1. The Morgan fingerprint density at radius 1 is 1.32 bits per heavy atom. The van der Waals surface area contributed by atoms with Crippen molar-refractivity contribution in [3.05, 3.63) is 23.9 Å². The Hall–Kier alpha value is -2.08. The van der Waals surface area contributed by atoms with Crippen molar-refractivity contribution in [2.75, 3.05) is 39.1 Å². The summed E-state index contributed by atoms with van der Waals surface area (Å²) in [4.78, 5) is 19.2. The van der Waals surface area contributed by atoms with Gasteiger partial charge in [0.15, 0.2) is 5.69 Å². The Labute approximate surface area is 129 Å². The van der Waals surface area contributed by atoms with Crippen LogP contribution in [0.3, 0.4) is 0 Å². The van der Waals surface area contributed by atoms with Gasteiger partial charge in [-0.15, -0.1) is 0 Å². The third-order valence-electron chi connectivity index (χ3n) is 5.04. The number of aromatic nitrogens is 2. The van der Waals surface area contributed by atoms with E-state index in [9.17, 15) is 4.79 Å². The summed E-state index contributed by atoms with van der Waals surface area (Å²) in [5.74, 6) is 0.0597. The quantitative estimate of drug-likeness (QED) is 0.904. The largest absolute Gasteiger partial charge is 0.378 e. The Bertz CT molecular complexity index is 735. The van der Waals surface area contributed by atoms with Gasteiger partial charge in [0, 0.05) is 50.3 Å². The number of carbonyl (C=O) groups excluding carboxylic acids is 1. The molecular formula is C16H21N5O. The number of rotatable bonds is 2. The van der Waals surface area contributed by atoms with Crippen LogP contribution in [0.5, 0.6) is 0 Å². The summed E-state index contributed by atoms with van der Waals surface area (Å²) in [6, 6.07) is 6.90. The fraction of sp³-hybridized carbons (Fsp3) is 0.500. The number of benzene rings is 1. The molecule has 2 fully saturated rings. The highest BCUT2D eigenvalue weighted by atomic mass is 16.2. The monoisotopic (exact) mass is 299 g/mol. The minimum absolute atomic E-state index is 0.0597. The lowest BCUT2D eigenvalue weighted by Crippen LogP contribution is -2.47. The molecule has 2 aliphatic rings. The number of likely N-dealkylation sites (tertiary alicyclic amines) is 2. The SMILES string of the molecule is CN(C)c1ccc2c(C(=O)N3C[C@@H]4CC3CN4C)n[nH]c2c1. The van der Waals surface area contributed by atoms with Gasteiger partial charge >= 0.3 is 0 Å². The number of aromatic amines is 1. The van der Waals surface area contributed by atoms with Gasteiger partial charge in [0.2, 0.25) is 0 Å². The highest BCUT2D eigenvalue weighted by Crippen LogP contribution is 2.31. The number of piperazine rings is 1. The van der Waals surface area contributed by atoms with E-state index in [0.29, 0.717) is 17.8 Å². The molecule has 1 N–H and O–H groups in total. The van der Waals surface area contributed by atoms with E-state index >= 15 is 0 Å². The van der Waals surface area contributed by atoms with E-state index in [-0.39, 0.29) is 5.91 Å². The minimum atomic E-state index is 0.0597. The minimum Gasteiger partial charge on any atom is -0.378 e. The van der Waals surface area contributed by atoms with Crippen LogP contribution in [0.2, 0.25) is 0 Å². The number of carbonyl (C=O) groups is 1. The zero-order valence-electron chi connectivity index (χ0n) is 13.2. The number of anilines is 1. The molecule has 0 aliphatic carbocycles. The highest BCUT2D eigenvalue weighted by Gasteiger charge is 2.44. The average Bonchev–Trinajstić information content (AvgIpc) is 3.18. The first kappa shape index (κ1) is 13.6. The Morgan fingerprint density at radius 3 is 2.77 bits per heavy atom. The fourth-order valence-electron chi connectivity index (χ4n) is 3.70. The van der Waals surface area contributed by atoms with Crippen molar-refractivity contribution in [2.45, 2.75) is 18.5 Å². The standard InChI is InChI=1S/C16H21N5O/c1-19(2)10-4-5-13-14(7-10)17-18-15(13)16(22)21-9-11-6-12(21)8-20(11)3/h4-5,7,11-12H,6,8-9H2,1-3H3,(H,17,18)/t11-,12?/m0/s1. The molecule has 6 nitrogen and oxygen atoms in total. The first-order valence-corrected chi connectivity index (χ1v) is 7.71. The molecule has 0 radical (unpaired) electrons. The van der Waals surface area contributed by atoms with Crippen molar-refractivity contribution in [3.63, 3.8) is 0 Å². The summed E-state index contributed by atoms with van der Waals surface area (Å²) in [6.07, 6.45) is 1.09. The van der Waals surface area contributed by atoms with E-state index < -0.39 is 0 Å². The van der Waals surface area contributed by atoms with E-state index in [0.717, 1.165) is 36.1 Å². The van der Waals surface area contributed by atoms with Crippen LogP contribution in [0.15, 0.2) is 18.2 Å². The number of amides is 1. The zero-order valence-corrected chi connectivity index (χ0v) is 13.2.